The Morgan fingerprint density at radius 3 is 2.11 bits per heavy atom. The maximum Gasteiger partial charge on any atom is 0.328 e. The van der Waals surface area contributed by atoms with Crippen LogP contribution >= 0.6 is 18.9 Å². The summed E-state index contributed by atoms with van der Waals surface area (Å²) in [6.45, 7) is 10.5. The number of likely N-dealkylation sites (tertiary alicyclic amines) is 1. The first kappa shape index (κ1) is 68.1. The average molecular weight is 1180 g/mol. The summed E-state index contributed by atoms with van der Waals surface area (Å²) in [6, 6.07) is 1.76. The number of aromatic nitrogens is 1. The van der Waals surface area contributed by atoms with Crippen molar-refractivity contribution in [2.75, 3.05) is 45.7 Å². The minimum atomic E-state index is -4.18. The van der Waals surface area contributed by atoms with Crippen molar-refractivity contribution in [1.29, 1.82) is 0 Å². The zero-order chi connectivity index (χ0) is 60.6. The summed E-state index contributed by atoms with van der Waals surface area (Å²) in [5, 5.41) is 54.8. The van der Waals surface area contributed by atoms with Crippen molar-refractivity contribution >= 4 is 83.9 Å². The number of carboxylic acids is 3. The SMILES string of the molecule is CC[C@H](C)[C@H](NC(=O)[C@H]1CCCCN1C)C(=O)N(C)[C@H](C[C@@H](OC(C)=O)c1nc(C(=O)N[C@@H](Cc2ccc(O)c(NC(=O)CCOCCNP(=O)(NNC(=O)/C=C\C(=O)O)NNC(=O)/C=C\C(=O)O)c2)CC(C)C(=O)O)cs1)C(C)C. The van der Waals surface area contributed by atoms with Crippen molar-refractivity contribution in [2.45, 2.75) is 123 Å². The molecule has 0 aliphatic carbocycles. The molecule has 1 fully saturated rings. The molecule has 1 unspecified atom stereocenters. The molecule has 7 atom stereocenters. The minimum Gasteiger partial charge on any atom is -0.506 e. The molecule has 2 heterocycles. The van der Waals surface area contributed by atoms with Crippen LogP contribution in [0.4, 0.5) is 5.69 Å². The number of hydrogen-bond acceptors (Lipinski definition) is 17. The highest BCUT2D eigenvalue weighted by atomic mass is 32.1. The monoisotopic (exact) mass is 1180 g/mol. The Kier molecular flexibility index (Phi) is 28.2. The molecule has 2 aromatic rings. The van der Waals surface area contributed by atoms with Crippen molar-refractivity contribution in [1.82, 2.24) is 51.7 Å². The smallest absolute Gasteiger partial charge is 0.328 e. The topological polar surface area (TPSA) is 403 Å². The van der Waals surface area contributed by atoms with Gasteiger partial charge in [-0.3, -0.25) is 58.7 Å². The number of rotatable bonds is 34. The molecule has 1 aromatic carbocycles. The van der Waals surface area contributed by atoms with E-state index in [1.54, 1.807) is 11.9 Å². The number of hydrazine groups is 2. The zero-order valence-electron chi connectivity index (χ0n) is 46.5. The maximum absolute atomic E-state index is 14.4. The maximum atomic E-state index is 14.4. The molecule has 0 saturated carbocycles. The lowest BCUT2D eigenvalue weighted by Gasteiger charge is -2.38. The lowest BCUT2D eigenvalue weighted by atomic mass is 9.92. The third kappa shape index (κ3) is 23.8. The number of aromatic hydroxyl groups is 1. The van der Waals surface area contributed by atoms with Gasteiger partial charge in [0.15, 0.2) is 6.10 Å². The number of carboxylic acid groups (broad SMARTS) is 3. The van der Waals surface area contributed by atoms with Gasteiger partial charge in [-0.1, -0.05) is 53.5 Å². The van der Waals surface area contributed by atoms with Crippen molar-refractivity contribution in [2.24, 2.45) is 17.8 Å². The summed E-state index contributed by atoms with van der Waals surface area (Å²) in [6.07, 6.45) is 4.25. The van der Waals surface area contributed by atoms with Gasteiger partial charge in [-0.15, -0.1) is 11.3 Å². The van der Waals surface area contributed by atoms with Gasteiger partial charge in [-0.2, -0.15) is 10.4 Å². The fourth-order valence-corrected chi connectivity index (χ4v) is 10.3. The van der Waals surface area contributed by atoms with Gasteiger partial charge in [0, 0.05) is 68.7 Å². The van der Waals surface area contributed by atoms with Crippen LogP contribution in [0.2, 0.25) is 0 Å². The van der Waals surface area contributed by atoms with Gasteiger partial charge in [-0.25, -0.2) is 19.7 Å². The number of likely N-dealkylation sites (N-methyl/N-ethyl adjacent to an activating group) is 2. The number of hydrogen-bond donors (Lipinski definition) is 12. The van der Waals surface area contributed by atoms with Gasteiger partial charge in [0.25, 0.3) is 17.7 Å². The van der Waals surface area contributed by atoms with E-state index in [2.05, 4.69) is 36.4 Å². The van der Waals surface area contributed by atoms with Crippen LogP contribution in [0.1, 0.15) is 114 Å². The molecule has 30 heteroatoms. The molecular weight excluding hydrogens is 1100 g/mol. The van der Waals surface area contributed by atoms with E-state index in [0.717, 1.165) is 30.7 Å². The van der Waals surface area contributed by atoms with Crippen LogP contribution in [0, 0.1) is 17.8 Å². The molecule has 448 valence electrons. The van der Waals surface area contributed by atoms with Crippen LogP contribution in [-0.2, 0) is 63.6 Å². The van der Waals surface area contributed by atoms with Crippen LogP contribution < -0.4 is 42.3 Å². The molecule has 1 saturated heterocycles. The van der Waals surface area contributed by atoms with E-state index in [0.29, 0.717) is 42.7 Å². The number of thiazole rings is 1. The summed E-state index contributed by atoms with van der Waals surface area (Å²) in [5.74, 6) is -10.1. The van der Waals surface area contributed by atoms with Gasteiger partial charge in [0.2, 0.25) is 17.7 Å². The molecule has 0 radical (unpaired) electrons. The molecule has 0 bridgehead atoms. The molecular formula is C51H76N11O17PS. The lowest BCUT2D eigenvalue weighted by Crippen LogP contribution is -2.58. The van der Waals surface area contributed by atoms with Crippen molar-refractivity contribution in [3.8, 4) is 5.75 Å². The van der Waals surface area contributed by atoms with Crippen LogP contribution in [0.15, 0.2) is 47.9 Å². The summed E-state index contributed by atoms with van der Waals surface area (Å²) in [5.41, 5.74) is 4.30. The number of aliphatic carboxylic acids is 3. The summed E-state index contributed by atoms with van der Waals surface area (Å²) >= 11 is 1.06. The Labute approximate surface area is 473 Å². The number of carbonyl (C=O) groups is 10. The van der Waals surface area contributed by atoms with Gasteiger partial charge in [0.1, 0.15) is 22.5 Å². The number of piperidine rings is 1. The van der Waals surface area contributed by atoms with E-state index < -0.39 is 85.2 Å². The standard InChI is InChI=1S/C51H76N11O17PS/c1-9-30(4)46(56-48(73)37-12-10-11-21-61(37)7)50(74)62(8)38(29(2)3)27-40(79-32(6)63)49-55-36(28-81-49)47(72)53-34(24-31(5)51(75)76)25-33-13-14-39(64)35(26-33)54-41(65)19-22-78-23-20-52-80(77,59-57-42(66)15-17-44(68)69)60-58-43(67)16-18-45(70)71/h13-18,26,28-31,34,37-38,40,46,64H,9-12,19-25,27H2,1-8H3,(H,53,72)(H,54,65)(H,56,73)(H,57,66)(H,58,67)(H,68,69)(H,70,71)(H,75,76)(H3,52,59,60,77)/b17-15-,18-16-/t30-,31?,34+,37+,38+,40+,46-/m0/s1. The van der Waals surface area contributed by atoms with E-state index in [1.807, 2.05) is 50.5 Å². The van der Waals surface area contributed by atoms with E-state index in [9.17, 15) is 62.7 Å². The first-order valence-electron chi connectivity index (χ1n) is 26.1. The molecule has 12 N–H and O–H groups in total. The largest absolute Gasteiger partial charge is 0.506 e. The number of esters is 1. The number of amides is 6. The summed E-state index contributed by atoms with van der Waals surface area (Å²) < 4.78 is 24.6. The predicted molar refractivity (Wildman–Crippen MR) is 295 cm³/mol. The first-order chi connectivity index (χ1) is 38.1. The molecule has 81 heavy (non-hydrogen) atoms. The van der Waals surface area contributed by atoms with E-state index in [4.69, 9.17) is 19.7 Å². The number of benzene rings is 1. The molecule has 1 aliphatic heterocycles. The van der Waals surface area contributed by atoms with Crippen molar-refractivity contribution in [3.63, 3.8) is 0 Å². The Hall–Kier alpha value is -7.14. The van der Waals surface area contributed by atoms with Gasteiger partial charge < -0.3 is 50.8 Å². The number of phenols is 1. The van der Waals surface area contributed by atoms with Gasteiger partial charge in [-0.05, 0) is 68.8 Å². The van der Waals surface area contributed by atoms with Crippen LogP contribution in [0.25, 0.3) is 0 Å². The Bertz CT molecular complexity index is 2610. The van der Waals surface area contributed by atoms with E-state index >= 15 is 0 Å². The number of carbonyl (C=O) groups excluding carboxylic acids is 7. The van der Waals surface area contributed by atoms with Crippen LogP contribution in [-0.4, -0.2) is 159 Å². The minimum absolute atomic E-state index is 0.0192. The quantitative estimate of drug-likeness (QED) is 0.0119. The van der Waals surface area contributed by atoms with E-state index in [-0.39, 0.29) is 97.3 Å². The number of ether oxygens (including phenoxy) is 2. The predicted octanol–water partition coefficient (Wildman–Crippen LogP) is 2.36. The second-order valence-corrected chi connectivity index (χ2v) is 22.6. The number of nitrogens with zero attached hydrogens (tertiary/aromatic N) is 3. The molecule has 1 aromatic heterocycles. The van der Waals surface area contributed by atoms with Crippen molar-refractivity contribution < 1.29 is 82.4 Å². The fourth-order valence-electron chi connectivity index (χ4n) is 8.34. The zero-order valence-corrected chi connectivity index (χ0v) is 48.2. The second kappa shape index (κ2) is 33.6. The van der Waals surface area contributed by atoms with Gasteiger partial charge >= 0.3 is 31.5 Å². The molecule has 6 amide bonds. The lowest BCUT2D eigenvalue weighted by molar-refractivity contribution is -0.149. The van der Waals surface area contributed by atoms with Crippen LogP contribution in [0.3, 0.4) is 0 Å². The highest BCUT2D eigenvalue weighted by Crippen LogP contribution is 2.32. The van der Waals surface area contributed by atoms with Crippen LogP contribution in [0.5, 0.6) is 5.75 Å². The van der Waals surface area contributed by atoms with Crippen molar-refractivity contribution in [3.05, 3.63) is 64.1 Å². The average Bonchev–Trinajstić information content (AvgIpc) is 3.91. The molecule has 1 aliphatic rings. The Balaban J connectivity index is 1.70. The third-order valence-electron chi connectivity index (χ3n) is 13.0. The number of nitrogens with one attached hydrogen (secondary N) is 8. The first-order valence-corrected chi connectivity index (χ1v) is 28.7. The van der Waals surface area contributed by atoms with Gasteiger partial charge in [0.05, 0.1) is 37.3 Å². The molecule has 3 rings (SSSR count). The highest BCUT2D eigenvalue weighted by molar-refractivity contribution is 7.57. The number of anilines is 1. The Morgan fingerprint density at radius 2 is 1.54 bits per heavy atom. The fraction of sp³-hybridized carbons (Fsp3) is 0.549. The van der Waals surface area contributed by atoms with E-state index in [1.165, 1.54) is 37.4 Å². The second-order valence-electron chi connectivity index (χ2n) is 19.7. The molecule has 28 nitrogen and oxygen atoms in total. The highest BCUT2D eigenvalue weighted by Gasteiger charge is 2.38. The normalized spacial score (nSPS) is 16.1. The molecule has 0 spiro atoms. The third-order valence-corrected chi connectivity index (χ3v) is 15.4. The number of phenolic OH excluding ortho intramolecular Hbond substituents is 1. The summed E-state index contributed by atoms with van der Waals surface area (Å²) in [7, 11) is -0.625. The Morgan fingerprint density at radius 1 is 0.901 bits per heavy atom. The summed E-state index contributed by atoms with van der Waals surface area (Å²) in [4.78, 5) is 133.